The van der Waals surface area contributed by atoms with Crippen LogP contribution >= 0.6 is 11.6 Å². The summed E-state index contributed by atoms with van der Waals surface area (Å²) in [5, 5.41) is 2.43. The number of fused-ring (bicyclic) bond motifs is 4. The molecule has 0 aliphatic carbocycles. The summed E-state index contributed by atoms with van der Waals surface area (Å²) in [6, 6.07) is 21.5. The van der Waals surface area contributed by atoms with Gasteiger partial charge in [-0.15, -0.1) is 0 Å². The molecule has 0 saturated carbocycles. The summed E-state index contributed by atoms with van der Waals surface area (Å²) >= 11 is 6.14. The molecular weight excluding hydrogens is 370 g/mol. The maximum Gasteiger partial charge on any atom is 0.281 e. The molecule has 28 heavy (non-hydrogen) atoms. The molecule has 1 aliphatic heterocycles. The Morgan fingerprint density at radius 3 is 2.64 bits per heavy atom. The van der Waals surface area contributed by atoms with Gasteiger partial charge in [-0.3, -0.25) is 4.79 Å². The second-order valence-electron chi connectivity index (χ2n) is 7.05. The van der Waals surface area contributed by atoms with Gasteiger partial charge in [0.1, 0.15) is 5.82 Å². The average Bonchev–Trinajstić information content (AvgIpc) is 3.15. The number of rotatable bonds is 1. The first kappa shape index (κ1) is 15.7. The maximum absolute atomic E-state index is 12.8. The first-order chi connectivity index (χ1) is 13.7. The summed E-state index contributed by atoms with van der Waals surface area (Å²) in [5.74, 6) is 0.696. The normalized spacial score (nSPS) is 15.1. The van der Waals surface area contributed by atoms with Gasteiger partial charge in [0, 0.05) is 33.2 Å². The Balaban J connectivity index is 1.83. The van der Waals surface area contributed by atoms with Crippen LogP contribution in [0.15, 0.2) is 77.7 Å². The first-order valence-electron chi connectivity index (χ1n) is 9.09. The molecule has 0 amide bonds. The summed E-state index contributed by atoms with van der Waals surface area (Å²) in [4.78, 5) is 20.6. The number of H-pyrrole nitrogens is 1. The third-order valence-corrected chi connectivity index (χ3v) is 5.80. The van der Waals surface area contributed by atoms with Crippen LogP contribution in [0.2, 0.25) is 5.02 Å². The quantitative estimate of drug-likeness (QED) is 0.427. The van der Waals surface area contributed by atoms with Gasteiger partial charge in [-0.1, -0.05) is 48.0 Å². The average molecular weight is 384 g/mol. The van der Waals surface area contributed by atoms with E-state index in [1.165, 1.54) is 0 Å². The van der Waals surface area contributed by atoms with Crippen LogP contribution in [0.4, 0.5) is 0 Å². The third-order valence-electron chi connectivity index (χ3n) is 5.55. The van der Waals surface area contributed by atoms with Crippen molar-refractivity contribution in [3.8, 4) is 11.4 Å². The smallest absolute Gasteiger partial charge is 0.281 e. The topological polar surface area (TPSA) is 50.7 Å². The van der Waals surface area contributed by atoms with Gasteiger partial charge in [-0.2, -0.15) is 4.98 Å². The van der Waals surface area contributed by atoms with Crippen LogP contribution in [0.25, 0.3) is 33.2 Å². The van der Waals surface area contributed by atoms with Gasteiger partial charge in [0.25, 0.3) is 5.56 Å². The zero-order valence-electron chi connectivity index (χ0n) is 14.7. The Bertz CT molecular complexity index is 1450. The van der Waals surface area contributed by atoms with E-state index in [2.05, 4.69) is 26.8 Å². The lowest BCUT2D eigenvalue weighted by molar-refractivity contribution is 0.689. The van der Waals surface area contributed by atoms with E-state index in [1.807, 2.05) is 60.7 Å². The molecule has 5 aromatic rings. The van der Waals surface area contributed by atoms with Crippen molar-refractivity contribution < 1.29 is 0 Å². The fourth-order valence-electron chi connectivity index (χ4n) is 4.37. The first-order valence-corrected chi connectivity index (χ1v) is 9.47. The van der Waals surface area contributed by atoms with Gasteiger partial charge in [-0.25, -0.2) is 0 Å². The van der Waals surface area contributed by atoms with Gasteiger partial charge in [0.2, 0.25) is 0 Å². The fraction of sp³-hybridized carbons (Fsp3) is 0.0435. The molecule has 1 unspecified atom stereocenters. The standard InChI is InChI=1S/C23H14ClN3O/c24-14-10-8-13(9-11-14)21-17-12-25-18-6-3-5-16(20(17)18)22-26-23(28)15-4-1-2-7-19(15)27(21)22/h1-12,21,25H. The van der Waals surface area contributed by atoms with Gasteiger partial charge < -0.3 is 9.55 Å². The lowest BCUT2D eigenvalue weighted by atomic mass is 9.91. The van der Waals surface area contributed by atoms with E-state index < -0.39 is 0 Å². The largest absolute Gasteiger partial charge is 0.361 e. The predicted octanol–water partition coefficient (Wildman–Crippen LogP) is 5.15. The number of nitrogens with one attached hydrogen (secondary N) is 1. The zero-order valence-corrected chi connectivity index (χ0v) is 15.4. The van der Waals surface area contributed by atoms with Crippen LogP contribution in [0, 0.1) is 0 Å². The second kappa shape index (κ2) is 5.57. The summed E-state index contributed by atoms with van der Waals surface area (Å²) in [5.41, 5.74) is 4.95. The lowest BCUT2D eigenvalue weighted by Crippen LogP contribution is -2.24. The highest BCUT2D eigenvalue weighted by atomic mass is 35.5. The van der Waals surface area contributed by atoms with Gasteiger partial charge in [-0.05, 0) is 35.9 Å². The number of aromatic nitrogens is 3. The molecule has 0 fully saturated rings. The summed E-state index contributed by atoms with van der Waals surface area (Å²) in [7, 11) is 0. The minimum atomic E-state index is -0.201. The summed E-state index contributed by atoms with van der Waals surface area (Å²) in [6.07, 6.45) is 2.06. The molecule has 5 heteroatoms. The Labute approximate surface area is 165 Å². The highest BCUT2D eigenvalue weighted by molar-refractivity contribution is 6.30. The monoisotopic (exact) mass is 383 g/mol. The maximum atomic E-state index is 12.8. The predicted molar refractivity (Wildman–Crippen MR) is 112 cm³/mol. The van der Waals surface area contributed by atoms with Crippen molar-refractivity contribution in [2.45, 2.75) is 6.04 Å². The minimum Gasteiger partial charge on any atom is -0.361 e. The van der Waals surface area contributed by atoms with Crippen LogP contribution in [0.3, 0.4) is 0 Å². The molecule has 0 saturated heterocycles. The van der Waals surface area contributed by atoms with E-state index in [1.54, 1.807) is 0 Å². The van der Waals surface area contributed by atoms with Crippen molar-refractivity contribution in [2.24, 2.45) is 0 Å². The van der Waals surface area contributed by atoms with Crippen LogP contribution in [0.5, 0.6) is 0 Å². The Kier molecular flexibility index (Phi) is 3.11. The number of para-hydroxylation sites is 1. The molecule has 0 radical (unpaired) electrons. The van der Waals surface area contributed by atoms with Crippen molar-refractivity contribution in [1.29, 1.82) is 0 Å². The van der Waals surface area contributed by atoms with E-state index in [0.29, 0.717) is 16.2 Å². The molecule has 134 valence electrons. The molecular formula is C23H14ClN3O. The molecule has 6 rings (SSSR count). The fourth-order valence-corrected chi connectivity index (χ4v) is 4.49. The Hall–Kier alpha value is -3.37. The van der Waals surface area contributed by atoms with Crippen LogP contribution in [-0.2, 0) is 0 Å². The number of hydrogen-bond donors (Lipinski definition) is 1. The van der Waals surface area contributed by atoms with E-state index in [9.17, 15) is 4.79 Å². The SMILES string of the molecule is O=c1nc2n(c3ccccc13)C(c1ccc(Cl)cc1)c1c[nH]c3cccc-2c13. The van der Waals surface area contributed by atoms with E-state index in [0.717, 1.165) is 33.1 Å². The molecule has 2 aromatic heterocycles. The van der Waals surface area contributed by atoms with E-state index in [-0.39, 0.29) is 11.6 Å². The molecule has 3 heterocycles. The highest BCUT2D eigenvalue weighted by Crippen LogP contribution is 2.44. The number of halogens is 1. The molecule has 3 aromatic carbocycles. The van der Waals surface area contributed by atoms with Gasteiger partial charge >= 0.3 is 0 Å². The van der Waals surface area contributed by atoms with Gasteiger partial charge in [0.15, 0.2) is 0 Å². The molecule has 1 aliphatic rings. The molecule has 0 spiro atoms. The zero-order chi connectivity index (χ0) is 18.8. The van der Waals surface area contributed by atoms with Crippen LogP contribution in [0.1, 0.15) is 17.2 Å². The summed E-state index contributed by atoms with van der Waals surface area (Å²) in [6.45, 7) is 0. The van der Waals surface area contributed by atoms with Crippen molar-refractivity contribution in [3.63, 3.8) is 0 Å². The minimum absolute atomic E-state index is 0.103. The third kappa shape index (κ3) is 2.01. The van der Waals surface area contributed by atoms with Crippen LogP contribution < -0.4 is 5.56 Å². The summed E-state index contributed by atoms with van der Waals surface area (Å²) < 4.78 is 2.17. The van der Waals surface area contributed by atoms with E-state index >= 15 is 0 Å². The van der Waals surface area contributed by atoms with Gasteiger partial charge in [0.05, 0.1) is 16.9 Å². The highest BCUT2D eigenvalue weighted by Gasteiger charge is 2.31. The molecule has 0 bridgehead atoms. The van der Waals surface area contributed by atoms with Crippen molar-refractivity contribution in [3.05, 3.63) is 99.4 Å². The number of hydrogen-bond acceptors (Lipinski definition) is 2. The molecule has 1 N–H and O–H groups in total. The number of nitrogens with zero attached hydrogens (tertiary/aromatic N) is 2. The van der Waals surface area contributed by atoms with Crippen molar-refractivity contribution >= 4 is 33.4 Å². The van der Waals surface area contributed by atoms with Crippen LogP contribution in [-0.4, -0.2) is 14.5 Å². The lowest BCUT2D eigenvalue weighted by Gasteiger charge is -2.30. The Morgan fingerprint density at radius 1 is 0.964 bits per heavy atom. The molecule has 4 nitrogen and oxygen atoms in total. The number of benzene rings is 3. The van der Waals surface area contributed by atoms with Crippen molar-refractivity contribution in [1.82, 2.24) is 14.5 Å². The number of aromatic amines is 1. The molecule has 1 atom stereocenters. The van der Waals surface area contributed by atoms with Crippen molar-refractivity contribution in [2.75, 3.05) is 0 Å². The van der Waals surface area contributed by atoms with E-state index in [4.69, 9.17) is 11.6 Å². The second-order valence-corrected chi connectivity index (χ2v) is 7.49. The Morgan fingerprint density at radius 2 is 1.79 bits per heavy atom.